The average molecular weight is 314 g/mol. The summed E-state index contributed by atoms with van der Waals surface area (Å²) in [6.45, 7) is 11.0. The van der Waals surface area contributed by atoms with Gasteiger partial charge in [-0.15, -0.1) is 0 Å². The maximum Gasteiger partial charge on any atom is 0.207 e. The highest BCUT2D eigenvalue weighted by atomic mass is 32.2. The molecule has 0 unspecified atom stereocenters. The van der Waals surface area contributed by atoms with Gasteiger partial charge in [-0.2, -0.15) is 0 Å². The first kappa shape index (κ1) is 14.3. The first-order chi connectivity index (χ1) is 9.42. The molecule has 0 spiro atoms. The Bertz CT molecular complexity index is 622. The molecule has 1 aromatic carbocycles. The summed E-state index contributed by atoms with van der Waals surface area (Å²) >= 11 is 0. The van der Waals surface area contributed by atoms with Gasteiger partial charge in [0.15, 0.2) is 5.41 Å². The molecule has 112 valence electrons. The van der Waals surface area contributed by atoms with Gasteiger partial charge in [0.2, 0.25) is 9.84 Å². The van der Waals surface area contributed by atoms with Crippen molar-refractivity contribution in [2.24, 2.45) is 0 Å². The highest BCUT2D eigenvalue weighted by Crippen LogP contribution is 2.45. The second kappa shape index (κ2) is 4.96. The lowest BCUT2D eigenvalue weighted by atomic mass is 10.2. The smallest absolute Gasteiger partial charge is 0.207 e. The number of epoxide rings is 1. The van der Waals surface area contributed by atoms with Crippen LogP contribution in [-0.4, -0.2) is 28.0 Å². The Morgan fingerprint density at radius 2 is 1.80 bits per heavy atom. The standard InChI is InChI=1S/C15H24O3SSi/c1-15(2,3)20(4,5)11-13-14(18-13)19(16,17)12-9-7-6-8-10-12/h6-10,13-14H,11H2,1-5H3/t13-,14+/m1/s1/i14D. The summed E-state index contributed by atoms with van der Waals surface area (Å²) in [4.78, 5) is 0.165. The zero-order chi connectivity index (χ0) is 16.1. The maximum absolute atomic E-state index is 12.6. The molecule has 1 fully saturated rings. The van der Waals surface area contributed by atoms with Gasteiger partial charge < -0.3 is 4.74 Å². The van der Waals surface area contributed by atoms with Crippen LogP contribution in [-0.2, 0) is 14.6 Å². The van der Waals surface area contributed by atoms with E-state index in [-0.39, 0.29) is 9.93 Å². The van der Waals surface area contributed by atoms with Crippen LogP contribution in [0.15, 0.2) is 35.2 Å². The van der Waals surface area contributed by atoms with E-state index in [0.717, 1.165) is 0 Å². The van der Waals surface area contributed by atoms with Crippen molar-refractivity contribution in [3.8, 4) is 0 Å². The second-order valence-corrected chi connectivity index (χ2v) is 14.6. The minimum Gasteiger partial charge on any atom is -0.352 e. The van der Waals surface area contributed by atoms with Gasteiger partial charge in [0.25, 0.3) is 0 Å². The highest BCUT2D eigenvalue weighted by molar-refractivity contribution is 7.92. The van der Waals surface area contributed by atoms with Crippen molar-refractivity contribution < 1.29 is 14.5 Å². The Labute approximate surface area is 124 Å². The van der Waals surface area contributed by atoms with Crippen LogP contribution in [0.4, 0.5) is 0 Å². The fraction of sp³-hybridized carbons (Fsp3) is 0.600. The largest absolute Gasteiger partial charge is 0.352 e. The predicted octanol–water partition coefficient (Wildman–Crippen LogP) is 3.69. The SMILES string of the molecule is [2H][C@@]1(S(=O)(=O)c2ccccc2)O[C@@H]1C[Si](C)(C)C(C)(C)C. The van der Waals surface area contributed by atoms with Crippen molar-refractivity contribution in [1.82, 2.24) is 0 Å². The van der Waals surface area contributed by atoms with Crippen LogP contribution >= 0.6 is 0 Å². The molecule has 0 saturated carbocycles. The summed E-state index contributed by atoms with van der Waals surface area (Å²) in [5.41, 5.74) is -1.80. The fourth-order valence-corrected chi connectivity index (χ4v) is 5.33. The molecule has 0 aromatic heterocycles. The number of benzene rings is 1. The lowest BCUT2D eigenvalue weighted by molar-refractivity contribution is 0.402. The van der Waals surface area contributed by atoms with Gasteiger partial charge >= 0.3 is 0 Å². The van der Waals surface area contributed by atoms with Gasteiger partial charge in [-0.05, 0) is 23.2 Å². The maximum atomic E-state index is 12.6. The second-order valence-electron chi connectivity index (χ2n) is 7.08. The van der Waals surface area contributed by atoms with Crippen LogP contribution in [0.3, 0.4) is 0 Å². The van der Waals surface area contributed by atoms with Crippen molar-refractivity contribution in [2.45, 2.75) is 61.4 Å². The summed E-state index contributed by atoms with van der Waals surface area (Å²) in [5.74, 6) is 0. The zero-order valence-corrected chi connectivity index (χ0v) is 14.6. The van der Waals surface area contributed by atoms with Crippen molar-refractivity contribution in [1.29, 1.82) is 0 Å². The Hall–Kier alpha value is -0.653. The summed E-state index contributed by atoms with van der Waals surface area (Å²) in [6, 6.07) is 8.83. The van der Waals surface area contributed by atoms with Gasteiger partial charge in [0, 0.05) is 0 Å². The quantitative estimate of drug-likeness (QED) is 0.629. The number of hydrogen-bond donors (Lipinski definition) is 0. The molecular weight excluding hydrogens is 288 g/mol. The summed E-state index contributed by atoms with van der Waals surface area (Å²) in [5, 5.41) is 0.149. The third-order valence-electron chi connectivity index (χ3n) is 4.51. The van der Waals surface area contributed by atoms with Crippen LogP contribution in [0.2, 0.25) is 24.2 Å². The Morgan fingerprint density at radius 1 is 1.25 bits per heavy atom. The first-order valence-electron chi connectivity index (χ1n) is 7.39. The van der Waals surface area contributed by atoms with E-state index in [1.807, 2.05) is 0 Å². The minimum atomic E-state index is -3.77. The third kappa shape index (κ3) is 2.99. The molecule has 5 heteroatoms. The fourth-order valence-electron chi connectivity index (χ4n) is 1.95. The first-order valence-corrected chi connectivity index (χ1v) is 11.6. The van der Waals surface area contributed by atoms with E-state index in [2.05, 4.69) is 33.9 Å². The van der Waals surface area contributed by atoms with Gasteiger partial charge in [0.05, 0.1) is 20.4 Å². The number of ether oxygens (including phenoxy) is 1. The molecule has 0 amide bonds. The molecule has 1 aliphatic heterocycles. The number of sulfone groups is 1. The Balaban J connectivity index is 2.21. The molecule has 3 nitrogen and oxygen atoms in total. The summed E-state index contributed by atoms with van der Waals surface area (Å²) < 4.78 is 38.7. The lowest BCUT2D eigenvalue weighted by Gasteiger charge is -2.36. The van der Waals surface area contributed by atoms with Crippen LogP contribution in [0, 0.1) is 0 Å². The van der Waals surface area contributed by atoms with Gasteiger partial charge in [-0.3, -0.25) is 0 Å². The van der Waals surface area contributed by atoms with Crippen LogP contribution in [0.25, 0.3) is 0 Å². The molecule has 2 rings (SSSR count). The van der Waals surface area contributed by atoms with E-state index in [1.165, 1.54) is 12.1 Å². The molecule has 2 atom stereocenters. The summed E-state index contributed by atoms with van der Waals surface area (Å²) in [6.07, 6.45) is -0.511. The van der Waals surface area contributed by atoms with E-state index >= 15 is 0 Å². The molecule has 1 aromatic rings. The van der Waals surface area contributed by atoms with E-state index in [0.29, 0.717) is 6.04 Å². The van der Waals surface area contributed by atoms with E-state index in [1.54, 1.807) is 18.2 Å². The van der Waals surface area contributed by atoms with Crippen LogP contribution < -0.4 is 0 Å². The lowest BCUT2D eigenvalue weighted by Crippen LogP contribution is -2.38. The monoisotopic (exact) mass is 313 g/mol. The predicted molar refractivity (Wildman–Crippen MR) is 84.3 cm³/mol. The normalized spacial score (nSPS) is 28.1. The molecule has 0 aliphatic carbocycles. The van der Waals surface area contributed by atoms with Crippen molar-refractivity contribution >= 4 is 17.9 Å². The molecule has 0 N–H and O–H groups in total. The number of rotatable bonds is 4. The molecule has 1 heterocycles. The number of hydrogen-bond acceptors (Lipinski definition) is 3. The van der Waals surface area contributed by atoms with E-state index < -0.39 is 29.4 Å². The Morgan fingerprint density at radius 3 is 2.30 bits per heavy atom. The molecule has 1 saturated heterocycles. The van der Waals surface area contributed by atoms with Crippen molar-refractivity contribution in [2.75, 3.05) is 0 Å². The Kier molecular flexibility index (Phi) is 3.55. The van der Waals surface area contributed by atoms with Gasteiger partial charge in [-0.25, -0.2) is 8.42 Å². The minimum absolute atomic E-state index is 0.149. The van der Waals surface area contributed by atoms with Gasteiger partial charge in [-0.1, -0.05) is 52.1 Å². The third-order valence-corrected chi connectivity index (χ3v) is 11.7. The molecule has 0 radical (unpaired) electrons. The molecule has 0 bridgehead atoms. The highest BCUT2D eigenvalue weighted by Gasteiger charge is 2.53. The molecule has 1 aliphatic rings. The van der Waals surface area contributed by atoms with Crippen LogP contribution in [0.1, 0.15) is 22.1 Å². The topological polar surface area (TPSA) is 46.7 Å². The molecular formula is C15H24O3SSi. The van der Waals surface area contributed by atoms with Crippen molar-refractivity contribution in [3.05, 3.63) is 30.3 Å². The average Bonchev–Trinajstić information content (AvgIpc) is 3.00. The molecule has 20 heavy (non-hydrogen) atoms. The summed E-state index contributed by atoms with van der Waals surface area (Å²) in [7, 11) is -5.45. The zero-order valence-electron chi connectivity index (χ0n) is 13.8. The van der Waals surface area contributed by atoms with Gasteiger partial charge in [0.1, 0.15) is 0 Å². The van der Waals surface area contributed by atoms with Crippen molar-refractivity contribution in [3.63, 3.8) is 0 Å². The van der Waals surface area contributed by atoms with E-state index in [4.69, 9.17) is 6.11 Å². The van der Waals surface area contributed by atoms with Crippen LogP contribution in [0.5, 0.6) is 0 Å². The van der Waals surface area contributed by atoms with E-state index in [9.17, 15) is 8.42 Å².